The number of nitrogens with zero attached hydrogens (tertiary/aromatic N) is 1. The molecule has 2 rings (SSSR count). The highest BCUT2D eigenvalue weighted by molar-refractivity contribution is 6.32. The second-order valence-corrected chi connectivity index (χ2v) is 4.75. The van der Waals surface area contributed by atoms with Crippen LogP contribution in [0.15, 0.2) is 41.5 Å². The highest BCUT2D eigenvalue weighted by atomic mass is 35.5. The van der Waals surface area contributed by atoms with Crippen LogP contribution in [0.2, 0.25) is 5.02 Å². The molecule has 0 bridgehead atoms. The number of rotatable bonds is 6. The number of benzene rings is 2. The quantitative estimate of drug-likeness (QED) is 0.635. The van der Waals surface area contributed by atoms with E-state index in [1.807, 2.05) is 6.92 Å². The van der Waals surface area contributed by atoms with E-state index in [1.165, 1.54) is 12.1 Å². The first-order valence-electron chi connectivity index (χ1n) is 6.69. The van der Waals surface area contributed by atoms with Gasteiger partial charge in [-0.05, 0) is 48.9 Å². The van der Waals surface area contributed by atoms with E-state index < -0.39 is 0 Å². The van der Waals surface area contributed by atoms with Crippen molar-refractivity contribution in [3.63, 3.8) is 0 Å². The summed E-state index contributed by atoms with van der Waals surface area (Å²) in [4.78, 5) is 0. The van der Waals surface area contributed by atoms with E-state index in [0.717, 1.165) is 5.56 Å². The van der Waals surface area contributed by atoms with Gasteiger partial charge in [0.25, 0.3) is 0 Å². The van der Waals surface area contributed by atoms with Gasteiger partial charge in [0.05, 0.1) is 30.6 Å². The molecule has 0 atom stereocenters. The van der Waals surface area contributed by atoms with Crippen molar-refractivity contribution in [1.29, 1.82) is 0 Å². The van der Waals surface area contributed by atoms with Gasteiger partial charge in [0, 0.05) is 0 Å². The first kappa shape index (κ1) is 16.1. The molecule has 0 unspecified atom stereocenters. The number of methoxy groups -OCH3 is 1. The van der Waals surface area contributed by atoms with Gasteiger partial charge in [0.2, 0.25) is 0 Å². The summed E-state index contributed by atoms with van der Waals surface area (Å²) in [5, 5.41) is 4.53. The van der Waals surface area contributed by atoms with E-state index in [1.54, 1.807) is 37.6 Å². The third-order valence-electron chi connectivity index (χ3n) is 2.79. The Bertz CT molecular complexity index is 660. The van der Waals surface area contributed by atoms with Crippen molar-refractivity contribution >= 4 is 23.5 Å². The Hall–Kier alpha value is -2.27. The summed E-state index contributed by atoms with van der Waals surface area (Å²) < 4.78 is 23.5. The summed E-state index contributed by atoms with van der Waals surface area (Å²) in [6, 6.07) is 9.40. The molecule has 6 heteroatoms. The van der Waals surface area contributed by atoms with Crippen LogP contribution in [0.1, 0.15) is 12.5 Å². The number of ether oxygens (including phenoxy) is 2. The number of hydrogen-bond donors (Lipinski definition) is 1. The average molecular weight is 323 g/mol. The molecule has 0 aliphatic rings. The lowest BCUT2D eigenvalue weighted by Gasteiger charge is -2.11. The number of halogens is 2. The summed E-state index contributed by atoms with van der Waals surface area (Å²) >= 11 is 6.18. The van der Waals surface area contributed by atoms with Gasteiger partial charge in [-0.2, -0.15) is 5.10 Å². The Morgan fingerprint density at radius 2 is 2.00 bits per heavy atom. The van der Waals surface area contributed by atoms with E-state index in [-0.39, 0.29) is 5.82 Å². The van der Waals surface area contributed by atoms with E-state index in [2.05, 4.69) is 10.5 Å². The molecule has 22 heavy (non-hydrogen) atoms. The summed E-state index contributed by atoms with van der Waals surface area (Å²) in [5.41, 5.74) is 4.24. The van der Waals surface area contributed by atoms with Crippen molar-refractivity contribution in [3.8, 4) is 11.5 Å². The predicted octanol–water partition coefficient (Wildman–Crippen LogP) is 4.33. The largest absolute Gasteiger partial charge is 0.493 e. The van der Waals surface area contributed by atoms with Gasteiger partial charge in [-0.1, -0.05) is 11.6 Å². The maximum absolute atomic E-state index is 12.8. The Kier molecular flexibility index (Phi) is 5.61. The zero-order chi connectivity index (χ0) is 15.9. The summed E-state index contributed by atoms with van der Waals surface area (Å²) in [7, 11) is 1.55. The van der Waals surface area contributed by atoms with Crippen LogP contribution < -0.4 is 14.9 Å². The molecule has 2 aromatic rings. The van der Waals surface area contributed by atoms with Gasteiger partial charge < -0.3 is 9.47 Å². The Balaban J connectivity index is 2.13. The van der Waals surface area contributed by atoms with Gasteiger partial charge >= 0.3 is 0 Å². The second kappa shape index (κ2) is 7.66. The average Bonchev–Trinajstić information content (AvgIpc) is 2.51. The van der Waals surface area contributed by atoms with Crippen LogP contribution in [0.25, 0.3) is 0 Å². The van der Waals surface area contributed by atoms with Crippen LogP contribution in [-0.2, 0) is 0 Å². The molecule has 0 heterocycles. The monoisotopic (exact) mass is 322 g/mol. The highest BCUT2D eigenvalue weighted by Gasteiger charge is 2.10. The van der Waals surface area contributed by atoms with Gasteiger partial charge in [0.15, 0.2) is 11.5 Å². The van der Waals surface area contributed by atoms with E-state index in [0.29, 0.717) is 28.8 Å². The number of nitrogens with one attached hydrogen (secondary N) is 1. The van der Waals surface area contributed by atoms with Crippen LogP contribution >= 0.6 is 11.6 Å². The third-order valence-corrected chi connectivity index (χ3v) is 3.07. The number of anilines is 1. The molecule has 2 aromatic carbocycles. The molecule has 0 spiro atoms. The fraction of sp³-hybridized carbons (Fsp3) is 0.188. The zero-order valence-corrected chi connectivity index (χ0v) is 13.0. The fourth-order valence-electron chi connectivity index (χ4n) is 1.80. The lowest BCUT2D eigenvalue weighted by molar-refractivity contribution is 0.311. The smallest absolute Gasteiger partial charge is 0.179 e. The lowest BCUT2D eigenvalue weighted by Crippen LogP contribution is -1.98. The molecule has 0 aliphatic heterocycles. The molecule has 1 N–H and O–H groups in total. The standard InChI is InChI=1S/C16H16ClFN2O2/c1-3-22-16-14(17)8-11(9-15(16)21-2)10-19-20-13-6-4-12(18)5-7-13/h4-10,20H,3H2,1-2H3/b19-10+. The van der Waals surface area contributed by atoms with Crippen molar-refractivity contribution < 1.29 is 13.9 Å². The minimum Gasteiger partial charge on any atom is -0.493 e. The molecule has 116 valence electrons. The van der Waals surface area contributed by atoms with E-state index >= 15 is 0 Å². The molecule has 4 nitrogen and oxygen atoms in total. The fourth-order valence-corrected chi connectivity index (χ4v) is 2.08. The van der Waals surface area contributed by atoms with Crippen molar-refractivity contribution in [1.82, 2.24) is 0 Å². The molecule has 0 aromatic heterocycles. The summed E-state index contributed by atoms with van der Waals surface area (Å²) in [5.74, 6) is 0.755. The minimum atomic E-state index is -0.294. The molecule has 0 fully saturated rings. The van der Waals surface area contributed by atoms with E-state index in [9.17, 15) is 4.39 Å². The second-order valence-electron chi connectivity index (χ2n) is 4.34. The maximum Gasteiger partial charge on any atom is 0.179 e. The number of hydrazone groups is 1. The Morgan fingerprint density at radius 3 is 2.64 bits per heavy atom. The summed E-state index contributed by atoms with van der Waals surface area (Å²) in [6.45, 7) is 2.37. The first-order chi connectivity index (χ1) is 10.6. The van der Waals surface area contributed by atoms with Crippen LogP contribution in [0.4, 0.5) is 10.1 Å². The van der Waals surface area contributed by atoms with Crippen molar-refractivity contribution in [2.75, 3.05) is 19.1 Å². The topological polar surface area (TPSA) is 42.8 Å². The van der Waals surface area contributed by atoms with Gasteiger partial charge in [-0.3, -0.25) is 5.43 Å². The highest BCUT2D eigenvalue weighted by Crippen LogP contribution is 2.35. The molecular formula is C16H16ClFN2O2. The molecule has 0 saturated carbocycles. The number of hydrogen-bond acceptors (Lipinski definition) is 4. The molecule has 0 saturated heterocycles. The van der Waals surface area contributed by atoms with Crippen LogP contribution in [0.3, 0.4) is 0 Å². The third kappa shape index (κ3) is 4.11. The summed E-state index contributed by atoms with van der Waals surface area (Å²) in [6.07, 6.45) is 1.59. The van der Waals surface area contributed by atoms with Crippen LogP contribution in [0.5, 0.6) is 11.5 Å². The van der Waals surface area contributed by atoms with Gasteiger partial charge in [-0.25, -0.2) is 4.39 Å². The van der Waals surface area contributed by atoms with Crippen molar-refractivity contribution in [3.05, 3.63) is 52.8 Å². The van der Waals surface area contributed by atoms with Crippen LogP contribution in [-0.4, -0.2) is 19.9 Å². The normalized spacial score (nSPS) is 10.7. The molecule has 0 aliphatic carbocycles. The maximum atomic E-state index is 12.8. The zero-order valence-electron chi connectivity index (χ0n) is 12.3. The Labute approximate surface area is 133 Å². The van der Waals surface area contributed by atoms with Gasteiger partial charge in [-0.15, -0.1) is 0 Å². The predicted molar refractivity (Wildman–Crippen MR) is 86.8 cm³/mol. The molecular weight excluding hydrogens is 307 g/mol. The lowest BCUT2D eigenvalue weighted by atomic mass is 10.2. The van der Waals surface area contributed by atoms with Gasteiger partial charge in [0.1, 0.15) is 5.82 Å². The Morgan fingerprint density at radius 1 is 1.27 bits per heavy atom. The van der Waals surface area contributed by atoms with Crippen LogP contribution in [0, 0.1) is 5.82 Å². The first-order valence-corrected chi connectivity index (χ1v) is 7.06. The van der Waals surface area contributed by atoms with E-state index in [4.69, 9.17) is 21.1 Å². The SMILES string of the molecule is CCOc1c(Cl)cc(/C=N/Nc2ccc(F)cc2)cc1OC. The van der Waals surface area contributed by atoms with Crippen molar-refractivity contribution in [2.24, 2.45) is 5.10 Å². The van der Waals surface area contributed by atoms with Crippen molar-refractivity contribution in [2.45, 2.75) is 6.92 Å². The molecule has 0 radical (unpaired) electrons. The molecule has 0 amide bonds. The minimum absolute atomic E-state index is 0.294.